The standard InChI is InChI=1S/C11H23N3O2/c1-14(9-3-4-9)7-6-13-11(15)10(12)5-8-16-2/h9-10H,3-8,12H2,1-2H3,(H,13,15). The van der Waals surface area contributed by atoms with Gasteiger partial charge in [0, 0.05) is 32.8 Å². The van der Waals surface area contributed by atoms with Crippen LogP contribution in [-0.4, -0.2) is 56.7 Å². The zero-order valence-corrected chi connectivity index (χ0v) is 10.2. The van der Waals surface area contributed by atoms with Crippen LogP contribution < -0.4 is 11.1 Å². The monoisotopic (exact) mass is 229 g/mol. The van der Waals surface area contributed by atoms with Gasteiger partial charge in [-0.1, -0.05) is 0 Å². The highest BCUT2D eigenvalue weighted by molar-refractivity contribution is 5.81. The fourth-order valence-electron chi connectivity index (χ4n) is 1.56. The van der Waals surface area contributed by atoms with Crippen LogP contribution in [0.15, 0.2) is 0 Å². The van der Waals surface area contributed by atoms with E-state index in [1.165, 1.54) is 12.8 Å². The summed E-state index contributed by atoms with van der Waals surface area (Å²) in [5.41, 5.74) is 5.69. The minimum absolute atomic E-state index is 0.0822. The first-order chi connectivity index (χ1) is 7.65. The Morgan fingerprint density at radius 3 is 2.88 bits per heavy atom. The van der Waals surface area contributed by atoms with E-state index < -0.39 is 6.04 Å². The van der Waals surface area contributed by atoms with E-state index >= 15 is 0 Å². The zero-order valence-electron chi connectivity index (χ0n) is 10.2. The molecule has 1 amide bonds. The number of carbonyl (C=O) groups excluding carboxylic acids is 1. The Kier molecular flexibility index (Phi) is 5.73. The van der Waals surface area contributed by atoms with Gasteiger partial charge in [-0.2, -0.15) is 0 Å². The number of ether oxygens (including phenoxy) is 1. The second-order valence-corrected chi connectivity index (χ2v) is 4.39. The van der Waals surface area contributed by atoms with Gasteiger partial charge >= 0.3 is 0 Å². The molecule has 16 heavy (non-hydrogen) atoms. The van der Waals surface area contributed by atoms with E-state index in [1.807, 2.05) is 0 Å². The maximum atomic E-state index is 11.5. The molecule has 1 aliphatic rings. The number of carbonyl (C=O) groups is 1. The van der Waals surface area contributed by atoms with Crippen molar-refractivity contribution in [2.75, 3.05) is 33.9 Å². The first kappa shape index (κ1) is 13.4. The number of nitrogens with zero attached hydrogens (tertiary/aromatic N) is 1. The summed E-state index contributed by atoms with van der Waals surface area (Å²) >= 11 is 0. The summed E-state index contributed by atoms with van der Waals surface area (Å²) in [4.78, 5) is 13.8. The van der Waals surface area contributed by atoms with E-state index in [-0.39, 0.29) is 5.91 Å². The molecule has 5 heteroatoms. The van der Waals surface area contributed by atoms with Crippen molar-refractivity contribution in [2.24, 2.45) is 5.73 Å². The minimum Gasteiger partial charge on any atom is -0.385 e. The largest absolute Gasteiger partial charge is 0.385 e. The Morgan fingerprint density at radius 1 is 1.62 bits per heavy atom. The Bertz CT molecular complexity index is 219. The van der Waals surface area contributed by atoms with Gasteiger partial charge in [-0.25, -0.2) is 0 Å². The average Bonchev–Trinajstić information content (AvgIpc) is 3.09. The molecule has 3 N–H and O–H groups in total. The predicted molar refractivity (Wildman–Crippen MR) is 63.1 cm³/mol. The third-order valence-corrected chi connectivity index (χ3v) is 2.90. The second kappa shape index (κ2) is 6.83. The molecule has 0 aromatic carbocycles. The molecule has 0 aromatic heterocycles. The van der Waals surface area contributed by atoms with Crippen LogP contribution in [0, 0.1) is 0 Å². The number of methoxy groups -OCH3 is 1. The van der Waals surface area contributed by atoms with E-state index in [1.54, 1.807) is 7.11 Å². The molecule has 1 rings (SSSR count). The fourth-order valence-corrected chi connectivity index (χ4v) is 1.56. The van der Waals surface area contributed by atoms with Crippen LogP contribution in [-0.2, 0) is 9.53 Å². The third kappa shape index (κ3) is 4.92. The summed E-state index contributed by atoms with van der Waals surface area (Å²) in [6.07, 6.45) is 3.15. The zero-order chi connectivity index (χ0) is 12.0. The first-order valence-electron chi connectivity index (χ1n) is 5.87. The van der Waals surface area contributed by atoms with Crippen molar-refractivity contribution in [1.29, 1.82) is 0 Å². The summed E-state index contributed by atoms with van der Waals surface area (Å²) in [6, 6.07) is 0.283. The summed E-state index contributed by atoms with van der Waals surface area (Å²) in [6.45, 7) is 2.09. The lowest BCUT2D eigenvalue weighted by atomic mass is 10.2. The molecular weight excluding hydrogens is 206 g/mol. The van der Waals surface area contributed by atoms with Crippen LogP contribution in [0.4, 0.5) is 0 Å². The molecule has 1 fully saturated rings. The van der Waals surface area contributed by atoms with E-state index in [0.717, 1.165) is 12.6 Å². The van der Waals surface area contributed by atoms with Gasteiger partial charge in [0.05, 0.1) is 6.04 Å². The maximum absolute atomic E-state index is 11.5. The SMILES string of the molecule is COCCC(N)C(=O)NCCN(C)C1CC1. The van der Waals surface area contributed by atoms with Gasteiger partial charge in [-0.3, -0.25) is 4.79 Å². The van der Waals surface area contributed by atoms with Crippen LogP contribution in [0.3, 0.4) is 0 Å². The van der Waals surface area contributed by atoms with Crippen molar-refractivity contribution >= 4 is 5.91 Å². The van der Waals surface area contributed by atoms with E-state index in [0.29, 0.717) is 19.6 Å². The molecule has 1 atom stereocenters. The number of amides is 1. The molecule has 5 nitrogen and oxygen atoms in total. The molecule has 0 aliphatic heterocycles. The van der Waals surface area contributed by atoms with Gasteiger partial charge in [0.1, 0.15) is 0 Å². The number of hydrogen-bond donors (Lipinski definition) is 2. The molecule has 1 saturated carbocycles. The van der Waals surface area contributed by atoms with Crippen molar-refractivity contribution in [3.8, 4) is 0 Å². The van der Waals surface area contributed by atoms with E-state index in [9.17, 15) is 4.79 Å². The van der Waals surface area contributed by atoms with E-state index in [4.69, 9.17) is 10.5 Å². The molecule has 1 aliphatic carbocycles. The summed E-state index contributed by atoms with van der Waals surface area (Å²) < 4.78 is 4.88. The minimum atomic E-state index is -0.453. The predicted octanol–water partition coefficient (Wildman–Crippen LogP) is -0.439. The molecule has 0 spiro atoms. The van der Waals surface area contributed by atoms with Crippen LogP contribution in [0.1, 0.15) is 19.3 Å². The van der Waals surface area contributed by atoms with Crippen molar-refractivity contribution in [2.45, 2.75) is 31.3 Å². The number of nitrogens with two attached hydrogens (primary N) is 1. The lowest BCUT2D eigenvalue weighted by Crippen LogP contribution is -2.43. The number of hydrogen-bond acceptors (Lipinski definition) is 4. The summed E-state index contributed by atoms with van der Waals surface area (Å²) in [5.74, 6) is -0.0822. The first-order valence-corrected chi connectivity index (χ1v) is 5.87. The Labute approximate surface area is 97.3 Å². The van der Waals surface area contributed by atoms with Crippen LogP contribution in [0.5, 0.6) is 0 Å². The van der Waals surface area contributed by atoms with Gasteiger partial charge in [-0.15, -0.1) is 0 Å². The topological polar surface area (TPSA) is 67.6 Å². The fraction of sp³-hybridized carbons (Fsp3) is 0.909. The Morgan fingerprint density at radius 2 is 2.31 bits per heavy atom. The van der Waals surface area contributed by atoms with Crippen LogP contribution >= 0.6 is 0 Å². The van der Waals surface area contributed by atoms with Gasteiger partial charge in [0.15, 0.2) is 0 Å². The highest BCUT2D eigenvalue weighted by atomic mass is 16.5. The van der Waals surface area contributed by atoms with Crippen LogP contribution in [0.2, 0.25) is 0 Å². The number of nitrogens with one attached hydrogen (secondary N) is 1. The Hall–Kier alpha value is -0.650. The molecule has 0 bridgehead atoms. The summed E-state index contributed by atoms with van der Waals surface area (Å²) in [7, 11) is 3.70. The molecule has 0 radical (unpaired) electrons. The maximum Gasteiger partial charge on any atom is 0.237 e. The van der Waals surface area contributed by atoms with Gasteiger partial charge in [0.2, 0.25) is 5.91 Å². The molecule has 0 saturated heterocycles. The van der Waals surface area contributed by atoms with Gasteiger partial charge in [-0.05, 0) is 26.3 Å². The van der Waals surface area contributed by atoms with E-state index in [2.05, 4.69) is 17.3 Å². The molecular formula is C11H23N3O2. The van der Waals surface area contributed by atoms with Crippen molar-refractivity contribution in [3.05, 3.63) is 0 Å². The molecule has 1 unspecified atom stereocenters. The molecule has 0 aromatic rings. The highest BCUT2D eigenvalue weighted by Gasteiger charge is 2.25. The Balaban J connectivity index is 2.04. The van der Waals surface area contributed by atoms with Gasteiger partial charge in [0.25, 0.3) is 0 Å². The number of likely N-dealkylation sites (N-methyl/N-ethyl adjacent to an activating group) is 1. The summed E-state index contributed by atoms with van der Waals surface area (Å²) in [5, 5.41) is 2.84. The third-order valence-electron chi connectivity index (χ3n) is 2.90. The quantitative estimate of drug-likeness (QED) is 0.592. The second-order valence-electron chi connectivity index (χ2n) is 4.39. The van der Waals surface area contributed by atoms with Gasteiger partial charge < -0.3 is 20.7 Å². The average molecular weight is 229 g/mol. The lowest BCUT2D eigenvalue weighted by molar-refractivity contribution is -0.122. The normalized spacial score (nSPS) is 17.5. The van der Waals surface area contributed by atoms with Crippen molar-refractivity contribution in [3.63, 3.8) is 0 Å². The number of rotatable bonds is 8. The highest BCUT2D eigenvalue weighted by Crippen LogP contribution is 2.24. The smallest absolute Gasteiger partial charge is 0.237 e. The van der Waals surface area contributed by atoms with Crippen molar-refractivity contribution < 1.29 is 9.53 Å². The van der Waals surface area contributed by atoms with Crippen LogP contribution in [0.25, 0.3) is 0 Å². The lowest BCUT2D eigenvalue weighted by Gasteiger charge is -2.17. The van der Waals surface area contributed by atoms with Crippen molar-refractivity contribution in [1.82, 2.24) is 10.2 Å². The molecule has 94 valence electrons. The molecule has 0 heterocycles.